The summed E-state index contributed by atoms with van der Waals surface area (Å²) in [5, 5.41) is 29.4. The van der Waals surface area contributed by atoms with Gasteiger partial charge in [-0.15, -0.1) is 0 Å². The van der Waals surface area contributed by atoms with E-state index < -0.39 is 48.0 Å². The molecule has 194 valence electrons. The fourth-order valence-corrected chi connectivity index (χ4v) is 3.88. The zero-order valence-corrected chi connectivity index (χ0v) is 21.5. The van der Waals surface area contributed by atoms with Gasteiger partial charge in [-0.1, -0.05) is 41.5 Å². The van der Waals surface area contributed by atoms with Crippen molar-refractivity contribution in [3.05, 3.63) is 0 Å². The third kappa shape index (κ3) is 11.5. The molecule has 0 saturated heterocycles. The van der Waals surface area contributed by atoms with E-state index in [4.69, 9.17) is 9.47 Å². The summed E-state index contributed by atoms with van der Waals surface area (Å²) in [4.78, 5) is 37.2. The molecule has 0 fully saturated rings. The predicted octanol–water partition coefficient (Wildman–Crippen LogP) is 2.90. The van der Waals surface area contributed by atoms with Gasteiger partial charge in [-0.3, -0.25) is 14.4 Å². The molecule has 0 aromatic carbocycles. The third-order valence-corrected chi connectivity index (χ3v) is 6.13. The van der Waals surface area contributed by atoms with Crippen LogP contribution >= 0.6 is 0 Å². The highest BCUT2D eigenvalue weighted by Gasteiger charge is 2.41. The largest absolute Gasteiger partial charge is 0.462 e. The molecule has 0 aliphatic rings. The topological polar surface area (TPSA) is 130 Å². The Morgan fingerprint density at radius 1 is 0.818 bits per heavy atom. The number of rotatable bonds is 17. The van der Waals surface area contributed by atoms with Gasteiger partial charge in [0.1, 0.15) is 18.0 Å². The van der Waals surface area contributed by atoms with Crippen LogP contribution in [0.15, 0.2) is 0 Å². The molecule has 8 nitrogen and oxygen atoms in total. The van der Waals surface area contributed by atoms with Crippen LogP contribution in [0.4, 0.5) is 0 Å². The van der Waals surface area contributed by atoms with Gasteiger partial charge in [0.15, 0.2) is 0 Å². The zero-order valence-electron chi connectivity index (χ0n) is 21.5. The number of esters is 2. The van der Waals surface area contributed by atoms with Gasteiger partial charge in [0, 0.05) is 50.7 Å². The molecule has 0 amide bonds. The van der Waals surface area contributed by atoms with Crippen molar-refractivity contribution in [2.75, 3.05) is 13.2 Å². The van der Waals surface area contributed by atoms with Crippen LogP contribution in [0.1, 0.15) is 80.6 Å². The number of Topliss-reactive ketones (excluding diaryl/α,β-unsaturated/α-hetero) is 1. The van der Waals surface area contributed by atoms with Gasteiger partial charge in [0.25, 0.3) is 0 Å². The van der Waals surface area contributed by atoms with Crippen LogP contribution in [0, 0.1) is 29.6 Å². The summed E-state index contributed by atoms with van der Waals surface area (Å²) in [6, 6.07) is 0. The molecule has 3 N–H and O–H groups in total. The van der Waals surface area contributed by atoms with Gasteiger partial charge in [0.05, 0.1) is 12.0 Å². The summed E-state index contributed by atoms with van der Waals surface area (Å²) in [6.07, 6.45) is -0.384. The number of aliphatic hydroxyl groups excluding tert-OH is 3. The van der Waals surface area contributed by atoms with E-state index in [9.17, 15) is 29.7 Å². The van der Waals surface area contributed by atoms with Crippen molar-refractivity contribution in [3.63, 3.8) is 0 Å². The molecular formula is C25H46O8. The molecule has 8 heteroatoms. The van der Waals surface area contributed by atoms with E-state index in [0.29, 0.717) is 25.7 Å². The molecular weight excluding hydrogens is 428 g/mol. The second-order valence-corrected chi connectivity index (χ2v) is 9.73. The van der Waals surface area contributed by atoms with E-state index in [1.807, 2.05) is 13.8 Å². The van der Waals surface area contributed by atoms with Crippen LogP contribution in [-0.4, -0.2) is 64.6 Å². The molecule has 0 spiro atoms. The van der Waals surface area contributed by atoms with E-state index in [2.05, 4.69) is 0 Å². The number of ether oxygens (including phenoxy) is 2. The molecule has 0 aromatic rings. The lowest BCUT2D eigenvalue weighted by atomic mass is 9.77. The number of hydrogen-bond acceptors (Lipinski definition) is 8. The molecule has 0 rings (SSSR count). The first kappa shape index (κ1) is 31.5. The molecule has 0 bridgehead atoms. The predicted molar refractivity (Wildman–Crippen MR) is 125 cm³/mol. The smallest absolute Gasteiger partial charge is 0.308 e. The van der Waals surface area contributed by atoms with Crippen molar-refractivity contribution in [2.45, 2.75) is 98.9 Å². The summed E-state index contributed by atoms with van der Waals surface area (Å²) < 4.78 is 11.5. The third-order valence-electron chi connectivity index (χ3n) is 6.13. The fraction of sp³-hybridized carbons (Fsp3) is 0.880. The second-order valence-electron chi connectivity index (χ2n) is 9.73. The van der Waals surface area contributed by atoms with Gasteiger partial charge in [-0.2, -0.15) is 0 Å². The summed E-state index contributed by atoms with van der Waals surface area (Å²) >= 11 is 0. The fourth-order valence-electron chi connectivity index (χ4n) is 3.88. The van der Waals surface area contributed by atoms with E-state index in [-0.39, 0.29) is 37.3 Å². The average Bonchev–Trinajstić information content (AvgIpc) is 2.76. The van der Waals surface area contributed by atoms with Crippen LogP contribution < -0.4 is 0 Å². The van der Waals surface area contributed by atoms with Crippen LogP contribution in [-0.2, 0) is 23.9 Å². The minimum absolute atomic E-state index is 0.0310. The zero-order chi connectivity index (χ0) is 25.7. The van der Waals surface area contributed by atoms with Gasteiger partial charge in [-0.05, 0) is 25.2 Å². The maximum atomic E-state index is 12.7. The quantitative estimate of drug-likeness (QED) is 0.274. The summed E-state index contributed by atoms with van der Waals surface area (Å²) in [7, 11) is 0. The van der Waals surface area contributed by atoms with Crippen LogP contribution in [0.3, 0.4) is 0 Å². The van der Waals surface area contributed by atoms with Gasteiger partial charge < -0.3 is 24.8 Å². The number of ketones is 1. The van der Waals surface area contributed by atoms with Crippen molar-refractivity contribution in [1.29, 1.82) is 0 Å². The van der Waals surface area contributed by atoms with E-state index >= 15 is 0 Å². The first-order valence-electron chi connectivity index (χ1n) is 12.2. The Balaban J connectivity index is 6.14. The highest BCUT2D eigenvalue weighted by atomic mass is 16.6. The number of hydrogen-bond donors (Lipinski definition) is 3. The Morgan fingerprint density at radius 2 is 1.36 bits per heavy atom. The molecule has 0 radical (unpaired) electrons. The van der Waals surface area contributed by atoms with Crippen molar-refractivity contribution in [2.24, 2.45) is 29.6 Å². The van der Waals surface area contributed by atoms with Gasteiger partial charge in [0.2, 0.25) is 0 Å². The number of aliphatic hydroxyl groups is 3. The lowest BCUT2D eigenvalue weighted by Gasteiger charge is -2.38. The summed E-state index contributed by atoms with van der Waals surface area (Å²) in [5.41, 5.74) is 0. The monoisotopic (exact) mass is 474 g/mol. The molecule has 0 saturated carbocycles. The minimum atomic E-state index is -0.818. The Labute approximate surface area is 199 Å². The molecule has 0 heterocycles. The Bertz CT molecular complexity index is 591. The van der Waals surface area contributed by atoms with Gasteiger partial charge in [-0.25, -0.2) is 0 Å². The number of carbonyl (C=O) groups is 3. The second kappa shape index (κ2) is 16.2. The Hall–Kier alpha value is -1.51. The first-order chi connectivity index (χ1) is 15.4. The highest BCUT2D eigenvalue weighted by Crippen LogP contribution is 2.33. The average molecular weight is 475 g/mol. The van der Waals surface area contributed by atoms with Crippen LogP contribution in [0.25, 0.3) is 0 Å². The maximum absolute atomic E-state index is 12.7. The summed E-state index contributed by atoms with van der Waals surface area (Å²) in [6.45, 7) is 11.5. The van der Waals surface area contributed by atoms with Crippen molar-refractivity contribution >= 4 is 17.7 Å². The van der Waals surface area contributed by atoms with Crippen molar-refractivity contribution in [1.82, 2.24) is 0 Å². The molecule has 7 unspecified atom stereocenters. The van der Waals surface area contributed by atoms with Crippen molar-refractivity contribution < 1.29 is 39.2 Å². The molecule has 33 heavy (non-hydrogen) atoms. The van der Waals surface area contributed by atoms with Crippen LogP contribution in [0.2, 0.25) is 0 Å². The normalized spacial score (nSPS) is 18.0. The van der Waals surface area contributed by atoms with Crippen molar-refractivity contribution in [3.8, 4) is 0 Å². The maximum Gasteiger partial charge on any atom is 0.308 e. The SMILES string of the molecule is CCCC(=O)CC(C(OC(C)=O)C(C)CO)C(OC(=O)C(C)C)C(C)CCC(O)C(C)CO. The molecule has 7 atom stereocenters. The van der Waals surface area contributed by atoms with E-state index in [0.717, 1.165) is 0 Å². The molecule has 0 aliphatic heterocycles. The van der Waals surface area contributed by atoms with E-state index in [1.54, 1.807) is 27.7 Å². The Morgan fingerprint density at radius 3 is 1.82 bits per heavy atom. The minimum Gasteiger partial charge on any atom is -0.462 e. The first-order valence-corrected chi connectivity index (χ1v) is 12.2. The molecule has 0 aliphatic carbocycles. The standard InChI is InChI=1S/C25H46O8/c1-8-9-20(29)12-21(24(18(6)14-27)32-19(7)28)23(33-25(31)15(2)3)16(4)10-11-22(30)17(5)13-26/h15-18,21-24,26-27,30H,8-14H2,1-7H3. The number of carbonyl (C=O) groups excluding carboxylic acids is 3. The van der Waals surface area contributed by atoms with E-state index in [1.165, 1.54) is 6.92 Å². The van der Waals surface area contributed by atoms with Crippen LogP contribution in [0.5, 0.6) is 0 Å². The Kier molecular flexibility index (Phi) is 15.4. The van der Waals surface area contributed by atoms with Gasteiger partial charge >= 0.3 is 11.9 Å². The molecule has 0 aromatic heterocycles. The highest BCUT2D eigenvalue weighted by molar-refractivity contribution is 5.79. The summed E-state index contributed by atoms with van der Waals surface area (Å²) in [5.74, 6) is -3.06. The lowest BCUT2D eigenvalue weighted by molar-refractivity contribution is -0.173. The lowest BCUT2D eigenvalue weighted by Crippen LogP contribution is -2.46.